The fraction of sp³-hybridized carbons (Fsp3) is 0.952. The van der Waals surface area contributed by atoms with Gasteiger partial charge in [0.25, 0.3) is 0 Å². The summed E-state index contributed by atoms with van der Waals surface area (Å²) in [6.07, 6.45) is -4.35. The maximum absolute atomic E-state index is 12.2. The van der Waals surface area contributed by atoms with Crippen LogP contribution >= 0.6 is 0 Å². The van der Waals surface area contributed by atoms with Crippen molar-refractivity contribution in [3.05, 3.63) is 11.6 Å². The number of aliphatic hydroxyl groups is 8. The molecular weight excluding hydrogens is 696 g/mol. The largest absolute Gasteiger partial charge is 0.394 e. The second-order valence-corrected chi connectivity index (χ2v) is 19.8. The summed E-state index contributed by atoms with van der Waals surface area (Å²) in [6, 6.07) is 0. The van der Waals surface area contributed by atoms with Crippen LogP contribution in [0.2, 0.25) is 0 Å². The first-order chi connectivity index (χ1) is 25.3. The van der Waals surface area contributed by atoms with E-state index in [9.17, 15) is 40.9 Å². The molecule has 0 amide bonds. The van der Waals surface area contributed by atoms with E-state index in [4.69, 9.17) is 18.9 Å². The minimum Gasteiger partial charge on any atom is -0.394 e. The summed E-state index contributed by atoms with van der Waals surface area (Å²) in [5.74, 6) is 1.93. The van der Waals surface area contributed by atoms with E-state index < -0.39 is 74.6 Å². The lowest BCUT2D eigenvalue weighted by Gasteiger charge is -2.70. The third-order valence-corrected chi connectivity index (χ3v) is 16.5. The van der Waals surface area contributed by atoms with Crippen molar-refractivity contribution in [1.29, 1.82) is 0 Å². The Morgan fingerprint density at radius 1 is 0.722 bits per heavy atom. The molecule has 0 aromatic carbocycles. The van der Waals surface area contributed by atoms with Crippen molar-refractivity contribution in [1.82, 2.24) is 0 Å². The molecule has 2 aliphatic heterocycles. The van der Waals surface area contributed by atoms with E-state index in [-0.39, 0.29) is 39.8 Å². The predicted octanol–water partition coefficient (Wildman–Crippen LogP) is 3.03. The molecule has 6 rings (SSSR count). The summed E-state index contributed by atoms with van der Waals surface area (Å²) in [4.78, 5) is 0. The first-order valence-electron chi connectivity index (χ1n) is 20.8. The van der Waals surface area contributed by atoms with Crippen LogP contribution < -0.4 is 0 Å². The zero-order chi connectivity index (χ0) is 39.7. The van der Waals surface area contributed by atoms with Crippen molar-refractivity contribution in [3.63, 3.8) is 0 Å². The van der Waals surface area contributed by atoms with Crippen molar-refractivity contribution in [2.24, 2.45) is 51.2 Å². The monoisotopic (exact) mass is 769 g/mol. The molecule has 4 saturated carbocycles. The minimum absolute atomic E-state index is 0.0391. The van der Waals surface area contributed by atoms with Gasteiger partial charge >= 0.3 is 0 Å². The van der Waals surface area contributed by atoms with Crippen LogP contribution in [0, 0.1) is 51.2 Å². The average molecular weight is 769 g/mol. The van der Waals surface area contributed by atoms with Crippen LogP contribution in [0.4, 0.5) is 0 Å². The van der Waals surface area contributed by atoms with E-state index in [1.807, 2.05) is 0 Å². The van der Waals surface area contributed by atoms with Gasteiger partial charge < -0.3 is 59.8 Å². The van der Waals surface area contributed by atoms with Crippen molar-refractivity contribution >= 4 is 0 Å². The summed E-state index contributed by atoms with van der Waals surface area (Å²) in [5.41, 5.74) is 1.02. The van der Waals surface area contributed by atoms with Gasteiger partial charge in [-0.3, -0.25) is 0 Å². The predicted molar refractivity (Wildman–Crippen MR) is 199 cm³/mol. The second kappa shape index (κ2) is 15.8. The topological polar surface area (TPSA) is 199 Å². The van der Waals surface area contributed by atoms with Crippen LogP contribution in [0.15, 0.2) is 11.6 Å². The first kappa shape index (κ1) is 42.9. The fourth-order valence-corrected chi connectivity index (χ4v) is 13.3. The molecule has 0 aromatic rings. The Balaban J connectivity index is 1.22. The SMILES string of the molecule is CC(C)=CCC[C@@H](C)C1CC[C@]2(C)C1[C@H](O)CC1[C@@]3(C)CC[C@H](O[C@@H]4O[C@H](CO)[C@@H](O)[C@H](O)[C@H]4O[C@H]4O[C@H](CO)[C@@H](O)[C@H](O)[C@H]4O)C(C)(C)C3CC[C@]12C. The van der Waals surface area contributed by atoms with Crippen LogP contribution in [0.3, 0.4) is 0 Å². The molecule has 4 aliphatic carbocycles. The quantitative estimate of drug-likeness (QED) is 0.120. The van der Waals surface area contributed by atoms with Gasteiger partial charge in [0.05, 0.1) is 25.4 Å². The standard InChI is InChI=1S/C42H72O12/c1-21(2)10-9-11-22(3)23-12-16-42(8)30(23)24(45)18-28-40(6)15-14-29(39(4,5)27(40)13-17-41(28,42)7)53-38-36(34(49)32(47)26(20-44)52-38)54-37-35(50)33(48)31(46)25(19-43)51-37/h10,22-38,43-50H,9,11-20H2,1-8H3/t22-,23?,24-,25-,26-,27?,28?,29+,30?,31-,32-,33+,34+,35-,36-,37-,38+,40+,41-,42-/m1/s1. The summed E-state index contributed by atoms with van der Waals surface area (Å²) in [6.45, 7) is 17.4. The molecule has 0 aromatic heterocycles. The normalized spacial score (nSPS) is 52.1. The molecule has 4 unspecified atom stereocenters. The lowest BCUT2D eigenvalue weighted by molar-refractivity contribution is -0.378. The van der Waals surface area contributed by atoms with Crippen molar-refractivity contribution < 1.29 is 59.8 Å². The molecular formula is C42H72O12. The third kappa shape index (κ3) is 6.97. The summed E-state index contributed by atoms with van der Waals surface area (Å²) < 4.78 is 24.4. The van der Waals surface area contributed by atoms with Gasteiger partial charge in [-0.2, -0.15) is 0 Å². The molecule has 12 heteroatoms. The Labute approximate surface area is 322 Å². The zero-order valence-electron chi connectivity index (χ0n) is 33.9. The van der Waals surface area contributed by atoms with Crippen molar-refractivity contribution in [3.8, 4) is 0 Å². The van der Waals surface area contributed by atoms with E-state index in [0.717, 1.165) is 44.9 Å². The molecule has 2 heterocycles. The van der Waals surface area contributed by atoms with Crippen LogP contribution in [0.25, 0.3) is 0 Å². The first-order valence-corrected chi connectivity index (χ1v) is 20.8. The van der Waals surface area contributed by atoms with Crippen LogP contribution in [-0.2, 0) is 18.9 Å². The molecule has 12 nitrogen and oxygen atoms in total. The van der Waals surface area contributed by atoms with E-state index in [1.165, 1.54) is 12.0 Å². The summed E-state index contributed by atoms with van der Waals surface area (Å²) >= 11 is 0. The van der Waals surface area contributed by atoms with Gasteiger partial charge in [0.1, 0.15) is 48.8 Å². The highest BCUT2D eigenvalue weighted by molar-refractivity contribution is 5.19. The maximum atomic E-state index is 12.2. The second-order valence-electron chi connectivity index (χ2n) is 19.8. The van der Waals surface area contributed by atoms with Crippen LogP contribution in [0.5, 0.6) is 0 Å². The van der Waals surface area contributed by atoms with Gasteiger partial charge in [0.2, 0.25) is 0 Å². The van der Waals surface area contributed by atoms with Gasteiger partial charge in [-0.25, -0.2) is 0 Å². The average Bonchev–Trinajstić information content (AvgIpc) is 3.49. The highest BCUT2D eigenvalue weighted by Crippen LogP contribution is 2.75. The summed E-state index contributed by atoms with van der Waals surface area (Å²) in [5, 5.41) is 85.5. The molecule has 6 fully saturated rings. The molecule has 54 heavy (non-hydrogen) atoms. The number of rotatable bonds is 10. The number of ether oxygens (including phenoxy) is 4. The minimum atomic E-state index is -1.74. The Morgan fingerprint density at radius 3 is 1.96 bits per heavy atom. The molecule has 312 valence electrons. The number of hydrogen-bond acceptors (Lipinski definition) is 12. The smallest absolute Gasteiger partial charge is 0.187 e. The highest BCUT2D eigenvalue weighted by atomic mass is 16.8. The van der Waals surface area contributed by atoms with E-state index in [1.54, 1.807) is 0 Å². The van der Waals surface area contributed by atoms with Gasteiger partial charge in [0, 0.05) is 0 Å². The molecule has 20 atom stereocenters. The third-order valence-electron chi connectivity index (χ3n) is 16.5. The molecule has 2 saturated heterocycles. The van der Waals surface area contributed by atoms with Gasteiger partial charge in [-0.05, 0) is 123 Å². The lowest BCUT2D eigenvalue weighted by atomic mass is 9.35. The Hall–Kier alpha value is -0.740. The molecule has 8 N–H and O–H groups in total. The van der Waals surface area contributed by atoms with Gasteiger partial charge in [-0.15, -0.1) is 0 Å². The lowest BCUT2D eigenvalue weighted by Crippen LogP contribution is -2.67. The molecule has 0 bridgehead atoms. The summed E-state index contributed by atoms with van der Waals surface area (Å²) in [7, 11) is 0. The van der Waals surface area contributed by atoms with Crippen molar-refractivity contribution in [2.75, 3.05) is 13.2 Å². The number of fused-ring (bicyclic) bond motifs is 5. The Kier molecular flexibility index (Phi) is 12.5. The molecule has 0 spiro atoms. The maximum Gasteiger partial charge on any atom is 0.187 e. The van der Waals surface area contributed by atoms with E-state index in [2.05, 4.69) is 61.5 Å². The van der Waals surface area contributed by atoms with Crippen LogP contribution in [0.1, 0.15) is 113 Å². The van der Waals surface area contributed by atoms with Crippen LogP contribution in [-0.4, -0.2) is 128 Å². The number of aliphatic hydroxyl groups excluding tert-OH is 8. The number of allylic oxidation sites excluding steroid dienone is 2. The van der Waals surface area contributed by atoms with Gasteiger partial charge in [0.15, 0.2) is 12.6 Å². The van der Waals surface area contributed by atoms with Gasteiger partial charge in [-0.1, -0.05) is 53.2 Å². The zero-order valence-corrected chi connectivity index (χ0v) is 33.9. The van der Waals surface area contributed by atoms with E-state index in [0.29, 0.717) is 30.1 Å². The van der Waals surface area contributed by atoms with Crippen molar-refractivity contribution in [2.45, 2.75) is 187 Å². The number of hydrogen-bond donors (Lipinski definition) is 8. The molecule has 6 aliphatic rings. The molecule has 0 radical (unpaired) electrons. The fourth-order valence-electron chi connectivity index (χ4n) is 13.3. The Bertz CT molecular complexity index is 1320. The highest BCUT2D eigenvalue weighted by Gasteiger charge is 2.71. The Morgan fingerprint density at radius 2 is 1.33 bits per heavy atom. The van der Waals surface area contributed by atoms with E-state index >= 15 is 0 Å².